The SMILES string of the molecule is COc1ccc(NC(=O)c2ccccc2C(F)(F)F)cc1-n1cnnn1. The number of carbonyl (C=O) groups is 1. The number of rotatable bonds is 4. The van der Waals surface area contributed by atoms with Crippen molar-refractivity contribution in [2.75, 3.05) is 12.4 Å². The van der Waals surface area contributed by atoms with E-state index in [0.717, 1.165) is 12.1 Å². The predicted octanol–water partition coefficient (Wildman–Crippen LogP) is 2.94. The topological polar surface area (TPSA) is 81.9 Å². The van der Waals surface area contributed by atoms with Crippen molar-refractivity contribution in [1.82, 2.24) is 20.2 Å². The molecule has 0 fully saturated rings. The molecule has 1 amide bonds. The van der Waals surface area contributed by atoms with E-state index >= 15 is 0 Å². The molecule has 3 rings (SSSR count). The monoisotopic (exact) mass is 363 g/mol. The number of hydrogen-bond acceptors (Lipinski definition) is 5. The number of benzene rings is 2. The molecule has 3 aromatic rings. The summed E-state index contributed by atoms with van der Waals surface area (Å²) in [4.78, 5) is 12.3. The Bertz CT molecular complexity index is 926. The van der Waals surface area contributed by atoms with Gasteiger partial charge in [-0.25, -0.2) is 0 Å². The van der Waals surface area contributed by atoms with Gasteiger partial charge in [-0.1, -0.05) is 12.1 Å². The Morgan fingerprint density at radius 3 is 2.62 bits per heavy atom. The minimum atomic E-state index is -4.63. The summed E-state index contributed by atoms with van der Waals surface area (Å²) in [6, 6.07) is 9.10. The Morgan fingerprint density at radius 1 is 1.19 bits per heavy atom. The lowest BCUT2D eigenvalue weighted by Gasteiger charge is -2.14. The maximum atomic E-state index is 13.1. The third-order valence-electron chi connectivity index (χ3n) is 3.51. The van der Waals surface area contributed by atoms with Crippen LogP contribution in [0.4, 0.5) is 18.9 Å². The number of hydrogen-bond donors (Lipinski definition) is 1. The first-order valence-electron chi connectivity index (χ1n) is 7.29. The van der Waals surface area contributed by atoms with Gasteiger partial charge >= 0.3 is 6.18 Å². The Labute approximate surface area is 145 Å². The third-order valence-corrected chi connectivity index (χ3v) is 3.51. The fourth-order valence-corrected chi connectivity index (χ4v) is 2.35. The molecule has 0 unspecified atom stereocenters. The van der Waals surface area contributed by atoms with Gasteiger partial charge in [-0.15, -0.1) is 5.10 Å². The van der Waals surface area contributed by atoms with Crippen LogP contribution in [-0.2, 0) is 6.18 Å². The second kappa shape index (κ2) is 6.82. The van der Waals surface area contributed by atoms with Crippen molar-refractivity contribution in [3.63, 3.8) is 0 Å². The summed E-state index contributed by atoms with van der Waals surface area (Å²) in [5.41, 5.74) is -0.802. The quantitative estimate of drug-likeness (QED) is 0.771. The highest BCUT2D eigenvalue weighted by Crippen LogP contribution is 2.32. The van der Waals surface area contributed by atoms with Crippen molar-refractivity contribution in [3.05, 3.63) is 59.9 Å². The van der Waals surface area contributed by atoms with E-state index in [4.69, 9.17) is 4.74 Å². The van der Waals surface area contributed by atoms with Crippen LogP contribution in [0.25, 0.3) is 5.69 Å². The molecule has 0 aliphatic heterocycles. The molecule has 134 valence electrons. The maximum Gasteiger partial charge on any atom is 0.417 e. The molecule has 0 aliphatic carbocycles. The van der Waals surface area contributed by atoms with Crippen LogP contribution in [0.15, 0.2) is 48.8 Å². The van der Waals surface area contributed by atoms with E-state index in [1.807, 2.05) is 0 Å². The van der Waals surface area contributed by atoms with Crippen LogP contribution in [0.5, 0.6) is 5.75 Å². The zero-order valence-electron chi connectivity index (χ0n) is 13.4. The van der Waals surface area contributed by atoms with Gasteiger partial charge in [0.15, 0.2) is 0 Å². The highest BCUT2D eigenvalue weighted by molar-refractivity contribution is 6.05. The summed E-state index contributed by atoms with van der Waals surface area (Å²) < 4.78 is 45.7. The molecule has 7 nitrogen and oxygen atoms in total. The molecule has 0 radical (unpaired) electrons. The number of amides is 1. The predicted molar refractivity (Wildman–Crippen MR) is 85.1 cm³/mol. The smallest absolute Gasteiger partial charge is 0.417 e. The number of methoxy groups -OCH3 is 1. The molecule has 0 spiro atoms. The van der Waals surface area contributed by atoms with Gasteiger partial charge in [0.05, 0.1) is 18.2 Å². The van der Waals surface area contributed by atoms with Gasteiger partial charge in [0.25, 0.3) is 5.91 Å². The van der Waals surface area contributed by atoms with Gasteiger partial charge in [-0.2, -0.15) is 17.9 Å². The molecule has 1 heterocycles. The van der Waals surface area contributed by atoms with E-state index in [0.29, 0.717) is 11.4 Å². The first kappa shape index (κ1) is 17.4. The number of nitrogens with one attached hydrogen (secondary N) is 1. The zero-order valence-corrected chi connectivity index (χ0v) is 13.4. The van der Waals surface area contributed by atoms with Crippen LogP contribution >= 0.6 is 0 Å². The molecular weight excluding hydrogens is 351 g/mol. The van der Waals surface area contributed by atoms with E-state index in [-0.39, 0.29) is 5.69 Å². The Hall–Kier alpha value is -3.43. The van der Waals surface area contributed by atoms with Crippen LogP contribution in [0.1, 0.15) is 15.9 Å². The second-order valence-corrected chi connectivity index (χ2v) is 5.14. The maximum absolute atomic E-state index is 13.1. The number of carbonyl (C=O) groups excluding carboxylic acids is 1. The van der Waals surface area contributed by atoms with Crippen molar-refractivity contribution in [1.29, 1.82) is 0 Å². The molecule has 0 saturated heterocycles. The fourth-order valence-electron chi connectivity index (χ4n) is 2.35. The van der Waals surface area contributed by atoms with Crippen LogP contribution in [0, 0.1) is 0 Å². The summed E-state index contributed by atoms with van der Waals surface area (Å²) >= 11 is 0. The number of ether oxygens (including phenoxy) is 1. The van der Waals surface area contributed by atoms with Crippen molar-refractivity contribution < 1.29 is 22.7 Å². The average Bonchev–Trinajstić information content (AvgIpc) is 3.15. The third kappa shape index (κ3) is 3.48. The first-order valence-corrected chi connectivity index (χ1v) is 7.29. The van der Waals surface area contributed by atoms with Gasteiger partial charge in [-0.05, 0) is 40.8 Å². The van der Waals surface area contributed by atoms with Crippen molar-refractivity contribution >= 4 is 11.6 Å². The molecular formula is C16H12F3N5O2. The lowest BCUT2D eigenvalue weighted by atomic mass is 10.1. The summed E-state index contributed by atoms with van der Waals surface area (Å²) in [5, 5.41) is 13.2. The van der Waals surface area contributed by atoms with Crippen molar-refractivity contribution in [2.45, 2.75) is 6.18 Å². The Morgan fingerprint density at radius 2 is 1.96 bits per heavy atom. The summed E-state index contributed by atoms with van der Waals surface area (Å²) in [6.07, 6.45) is -3.31. The summed E-state index contributed by atoms with van der Waals surface area (Å²) in [5.74, 6) is -0.461. The highest BCUT2D eigenvalue weighted by Gasteiger charge is 2.34. The van der Waals surface area contributed by atoms with Crippen LogP contribution in [0.2, 0.25) is 0 Å². The minimum absolute atomic E-state index is 0.262. The average molecular weight is 363 g/mol. The minimum Gasteiger partial charge on any atom is -0.494 e. The largest absolute Gasteiger partial charge is 0.494 e. The number of halogens is 3. The van der Waals surface area contributed by atoms with E-state index in [1.54, 1.807) is 6.07 Å². The Kier molecular flexibility index (Phi) is 4.57. The molecule has 0 atom stereocenters. The lowest BCUT2D eigenvalue weighted by molar-refractivity contribution is -0.137. The molecule has 0 saturated carbocycles. The van der Waals surface area contributed by atoms with Gasteiger partial charge < -0.3 is 10.1 Å². The normalized spacial score (nSPS) is 11.2. The highest BCUT2D eigenvalue weighted by atomic mass is 19.4. The van der Waals surface area contributed by atoms with Gasteiger partial charge in [0.1, 0.15) is 17.8 Å². The molecule has 1 N–H and O–H groups in total. The van der Waals surface area contributed by atoms with E-state index < -0.39 is 23.2 Å². The molecule has 1 aromatic heterocycles. The van der Waals surface area contributed by atoms with E-state index in [1.165, 1.54) is 42.4 Å². The zero-order chi connectivity index (χ0) is 18.7. The number of tetrazole rings is 1. The number of aromatic nitrogens is 4. The van der Waals surface area contributed by atoms with E-state index in [2.05, 4.69) is 20.8 Å². The first-order chi connectivity index (χ1) is 12.4. The van der Waals surface area contributed by atoms with Crippen LogP contribution in [-0.4, -0.2) is 33.2 Å². The number of anilines is 1. The van der Waals surface area contributed by atoms with Gasteiger partial charge in [-0.3, -0.25) is 4.79 Å². The standard InChI is InChI=1S/C16H12F3N5O2/c1-26-14-7-6-10(8-13(14)24-9-20-22-23-24)21-15(25)11-4-2-3-5-12(11)16(17,18)19/h2-9H,1H3,(H,21,25). The molecule has 0 bridgehead atoms. The van der Waals surface area contributed by atoms with Gasteiger partial charge in [0.2, 0.25) is 0 Å². The van der Waals surface area contributed by atoms with E-state index in [9.17, 15) is 18.0 Å². The Balaban J connectivity index is 1.93. The number of nitrogens with zero attached hydrogens (tertiary/aromatic N) is 4. The lowest BCUT2D eigenvalue weighted by Crippen LogP contribution is -2.18. The van der Waals surface area contributed by atoms with Crippen LogP contribution < -0.4 is 10.1 Å². The fraction of sp³-hybridized carbons (Fsp3) is 0.125. The molecule has 2 aromatic carbocycles. The summed E-state index contributed by atoms with van der Waals surface area (Å²) in [6.45, 7) is 0. The molecule has 10 heteroatoms. The summed E-state index contributed by atoms with van der Waals surface area (Å²) in [7, 11) is 1.45. The second-order valence-electron chi connectivity index (χ2n) is 5.14. The van der Waals surface area contributed by atoms with Crippen molar-refractivity contribution in [3.8, 4) is 11.4 Å². The van der Waals surface area contributed by atoms with Crippen molar-refractivity contribution in [2.24, 2.45) is 0 Å². The molecule has 0 aliphatic rings. The van der Waals surface area contributed by atoms with Gasteiger partial charge in [0, 0.05) is 5.69 Å². The van der Waals surface area contributed by atoms with Crippen LogP contribution in [0.3, 0.4) is 0 Å². The number of alkyl halides is 3. The molecule has 26 heavy (non-hydrogen) atoms.